The molecule has 3 nitrogen and oxygen atoms in total. The van der Waals surface area contributed by atoms with Crippen LogP contribution in [0.1, 0.15) is 0 Å². The molecule has 16 heavy (non-hydrogen) atoms. The molecule has 3 N–H and O–H groups in total. The van der Waals surface area contributed by atoms with Crippen molar-refractivity contribution in [2.24, 2.45) is 0 Å². The van der Waals surface area contributed by atoms with Gasteiger partial charge in [-0.05, 0) is 46.9 Å². The molecule has 2 rings (SSSR count). The van der Waals surface area contributed by atoms with Gasteiger partial charge in [0, 0.05) is 21.5 Å². The van der Waals surface area contributed by atoms with Gasteiger partial charge in [0.05, 0.1) is 5.69 Å². The minimum absolute atomic E-state index is 0.246. The number of nitrogens with zero attached hydrogens (tertiary/aromatic N) is 1. The predicted octanol–water partition coefficient (Wildman–Crippen LogP) is 3.15. The van der Waals surface area contributed by atoms with Crippen LogP contribution in [0.15, 0.2) is 36.5 Å². The third-order valence-electron chi connectivity index (χ3n) is 1.99. The highest BCUT2D eigenvalue weighted by Gasteiger charge is 2.02. The molecule has 0 saturated carbocycles. The van der Waals surface area contributed by atoms with E-state index in [1.807, 2.05) is 0 Å². The van der Waals surface area contributed by atoms with E-state index in [4.69, 9.17) is 5.73 Å². The Balaban J connectivity index is 2.27. The maximum atomic E-state index is 12.9. The van der Waals surface area contributed by atoms with Gasteiger partial charge in [-0.25, -0.2) is 9.37 Å². The molecule has 0 spiro atoms. The molecule has 0 amide bonds. The number of pyridine rings is 1. The zero-order valence-corrected chi connectivity index (χ0v) is 10.4. The van der Waals surface area contributed by atoms with Gasteiger partial charge in [-0.15, -0.1) is 0 Å². The maximum Gasteiger partial charge on any atom is 0.125 e. The first kappa shape index (κ1) is 11.1. The van der Waals surface area contributed by atoms with E-state index in [9.17, 15) is 4.39 Å². The van der Waals surface area contributed by atoms with Crippen molar-refractivity contribution in [1.82, 2.24) is 4.98 Å². The topological polar surface area (TPSA) is 50.9 Å². The van der Waals surface area contributed by atoms with Crippen molar-refractivity contribution in [3.63, 3.8) is 0 Å². The summed E-state index contributed by atoms with van der Waals surface area (Å²) < 4.78 is 13.7. The fourth-order valence-electron chi connectivity index (χ4n) is 1.27. The van der Waals surface area contributed by atoms with E-state index in [-0.39, 0.29) is 5.82 Å². The van der Waals surface area contributed by atoms with Crippen molar-refractivity contribution < 1.29 is 4.39 Å². The second-order valence-electron chi connectivity index (χ2n) is 3.22. The molecule has 0 radical (unpaired) electrons. The Hall–Kier alpha value is -1.37. The zero-order chi connectivity index (χ0) is 11.5. The molecular formula is C11H9FIN3. The third-order valence-corrected chi connectivity index (χ3v) is 2.88. The highest BCUT2D eigenvalue weighted by Crippen LogP contribution is 2.23. The largest absolute Gasteiger partial charge is 0.384 e. The molecule has 0 bridgehead atoms. The fraction of sp³-hybridized carbons (Fsp3) is 0. The van der Waals surface area contributed by atoms with Crippen LogP contribution < -0.4 is 11.1 Å². The summed E-state index contributed by atoms with van der Waals surface area (Å²) in [6.45, 7) is 0. The number of rotatable bonds is 2. The van der Waals surface area contributed by atoms with Gasteiger partial charge in [-0.1, -0.05) is 0 Å². The van der Waals surface area contributed by atoms with E-state index < -0.39 is 0 Å². The summed E-state index contributed by atoms with van der Waals surface area (Å²) in [5.41, 5.74) is 7.23. The molecule has 2 aromatic rings. The number of hydrogen-bond acceptors (Lipinski definition) is 3. The minimum atomic E-state index is -0.246. The van der Waals surface area contributed by atoms with E-state index >= 15 is 0 Å². The van der Waals surface area contributed by atoms with Crippen LogP contribution in [0.3, 0.4) is 0 Å². The first-order chi connectivity index (χ1) is 7.65. The Morgan fingerprint density at radius 2 is 2.06 bits per heavy atom. The number of nitrogens with two attached hydrogens (primary N) is 1. The molecular weight excluding hydrogens is 320 g/mol. The summed E-state index contributed by atoms with van der Waals surface area (Å²) in [5.74, 6) is 0.200. The number of hydrogen-bond donors (Lipinski definition) is 2. The summed E-state index contributed by atoms with van der Waals surface area (Å²) in [6, 6.07) is 8.09. The second kappa shape index (κ2) is 4.65. The third kappa shape index (κ3) is 2.60. The number of anilines is 3. The Morgan fingerprint density at radius 3 is 2.75 bits per heavy atom. The highest BCUT2D eigenvalue weighted by atomic mass is 127. The molecule has 0 unspecified atom stereocenters. The number of nitrogens with one attached hydrogen (secondary N) is 1. The van der Waals surface area contributed by atoms with Crippen molar-refractivity contribution in [2.75, 3.05) is 11.1 Å². The van der Waals surface area contributed by atoms with Gasteiger partial charge in [0.1, 0.15) is 11.6 Å². The SMILES string of the molecule is Nc1cc(Nc2ccc(F)cc2I)ccn1. The maximum absolute atomic E-state index is 12.9. The van der Waals surface area contributed by atoms with Gasteiger partial charge >= 0.3 is 0 Å². The van der Waals surface area contributed by atoms with Crippen LogP contribution in [0.25, 0.3) is 0 Å². The molecule has 0 saturated heterocycles. The van der Waals surface area contributed by atoms with E-state index in [0.717, 1.165) is 14.9 Å². The van der Waals surface area contributed by atoms with Crippen molar-refractivity contribution in [3.8, 4) is 0 Å². The molecule has 5 heteroatoms. The van der Waals surface area contributed by atoms with Gasteiger partial charge in [0.2, 0.25) is 0 Å². The first-order valence-electron chi connectivity index (χ1n) is 4.59. The van der Waals surface area contributed by atoms with E-state index in [1.165, 1.54) is 12.1 Å². The lowest BCUT2D eigenvalue weighted by atomic mass is 10.3. The van der Waals surface area contributed by atoms with Gasteiger partial charge in [0.25, 0.3) is 0 Å². The number of nitrogen functional groups attached to an aromatic ring is 1. The first-order valence-corrected chi connectivity index (χ1v) is 5.66. The lowest BCUT2D eigenvalue weighted by molar-refractivity contribution is 0.627. The van der Waals surface area contributed by atoms with Crippen LogP contribution in [0.4, 0.5) is 21.6 Å². The van der Waals surface area contributed by atoms with Crippen molar-refractivity contribution >= 4 is 39.8 Å². The molecule has 0 aliphatic rings. The number of benzene rings is 1. The van der Waals surface area contributed by atoms with Crippen molar-refractivity contribution in [3.05, 3.63) is 45.9 Å². The average molecular weight is 329 g/mol. The summed E-state index contributed by atoms with van der Waals surface area (Å²) in [6.07, 6.45) is 1.62. The minimum Gasteiger partial charge on any atom is -0.384 e. The molecule has 0 aliphatic heterocycles. The fourth-order valence-corrected chi connectivity index (χ4v) is 1.88. The summed E-state index contributed by atoms with van der Waals surface area (Å²) in [4.78, 5) is 3.89. The Morgan fingerprint density at radius 1 is 1.25 bits per heavy atom. The van der Waals surface area contributed by atoms with Crippen LogP contribution >= 0.6 is 22.6 Å². The van der Waals surface area contributed by atoms with Crippen LogP contribution in [0.5, 0.6) is 0 Å². The smallest absolute Gasteiger partial charge is 0.125 e. The second-order valence-corrected chi connectivity index (χ2v) is 4.38. The van der Waals surface area contributed by atoms with E-state index in [2.05, 4.69) is 32.9 Å². The average Bonchev–Trinajstić information content (AvgIpc) is 2.22. The number of aromatic nitrogens is 1. The Kier molecular flexibility index (Phi) is 3.23. The molecule has 0 fully saturated rings. The van der Waals surface area contributed by atoms with Gasteiger partial charge in [0.15, 0.2) is 0 Å². The molecule has 82 valence electrons. The van der Waals surface area contributed by atoms with E-state index in [1.54, 1.807) is 24.4 Å². The molecule has 0 atom stereocenters. The molecule has 0 aliphatic carbocycles. The van der Waals surface area contributed by atoms with Crippen LogP contribution in [-0.4, -0.2) is 4.98 Å². The number of halogens is 2. The Labute approximate surface area is 106 Å². The quantitative estimate of drug-likeness (QED) is 0.832. The van der Waals surface area contributed by atoms with E-state index in [0.29, 0.717) is 5.82 Å². The summed E-state index contributed by atoms with van der Waals surface area (Å²) in [7, 11) is 0. The van der Waals surface area contributed by atoms with Crippen molar-refractivity contribution in [2.45, 2.75) is 0 Å². The van der Waals surface area contributed by atoms with Crippen LogP contribution in [0, 0.1) is 9.39 Å². The molecule has 1 heterocycles. The lowest BCUT2D eigenvalue weighted by Gasteiger charge is -2.08. The lowest BCUT2D eigenvalue weighted by Crippen LogP contribution is -1.96. The molecule has 1 aromatic heterocycles. The van der Waals surface area contributed by atoms with Crippen LogP contribution in [0.2, 0.25) is 0 Å². The van der Waals surface area contributed by atoms with Gasteiger partial charge in [-0.3, -0.25) is 0 Å². The monoisotopic (exact) mass is 329 g/mol. The Bertz CT molecular complexity index is 516. The predicted molar refractivity (Wildman–Crippen MR) is 71.0 cm³/mol. The molecule has 1 aromatic carbocycles. The van der Waals surface area contributed by atoms with Crippen molar-refractivity contribution in [1.29, 1.82) is 0 Å². The normalized spacial score (nSPS) is 10.1. The van der Waals surface area contributed by atoms with Gasteiger partial charge in [-0.2, -0.15) is 0 Å². The highest BCUT2D eigenvalue weighted by molar-refractivity contribution is 14.1. The van der Waals surface area contributed by atoms with Crippen LogP contribution in [-0.2, 0) is 0 Å². The summed E-state index contributed by atoms with van der Waals surface area (Å²) >= 11 is 2.07. The van der Waals surface area contributed by atoms with Gasteiger partial charge < -0.3 is 11.1 Å². The summed E-state index contributed by atoms with van der Waals surface area (Å²) in [5, 5.41) is 3.15. The standard InChI is InChI=1S/C11H9FIN3/c12-7-1-2-10(9(13)5-7)16-8-3-4-15-11(14)6-8/h1-6H,(H3,14,15,16). The zero-order valence-electron chi connectivity index (χ0n) is 8.24.